The van der Waals surface area contributed by atoms with Gasteiger partial charge >= 0.3 is 0 Å². The van der Waals surface area contributed by atoms with E-state index in [1.165, 1.54) is 0 Å². The zero-order valence-electron chi connectivity index (χ0n) is 23.8. The quantitative estimate of drug-likeness (QED) is 0.326. The number of hydrogen-bond donors (Lipinski definition) is 1. The highest BCUT2D eigenvalue weighted by atomic mass is 16.5. The lowest BCUT2D eigenvalue weighted by Crippen LogP contribution is -2.56. The van der Waals surface area contributed by atoms with Crippen LogP contribution in [0.1, 0.15) is 50.2 Å². The summed E-state index contributed by atoms with van der Waals surface area (Å²) in [4.78, 5) is 47.7. The molecule has 3 aliphatic heterocycles. The van der Waals surface area contributed by atoms with Crippen LogP contribution in [0.25, 0.3) is 0 Å². The number of aryl methyl sites for hydroxylation is 2. The van der Waals surface area contributed by atoms with Gasteiger partial charge in [0, 0.05) is 39.0 Å². The zero-order valence-corrected chi connectivity index (χ0v) is 23.8. The van der Waals surface area contributed by atoms with E-state index in [1.54, 1.807) is 33.9 Å². The van der Waals surface area contributed by atoms with Crippen LogP contribution in [0.3, 0.4) is 0 Å². The highest BCUT2D eigenvalue weighted by Gasteiger charge is 2.78. The van der Waals surface area contributed by atoms with E-state index in [0.717, 1.165) is 16.8 Å². The summed E-state index contributed by atoms with van der Waals surface area (Å²) in [5.74, 6) is -1.97. The number of rotatable bonds is 12. The van der Waals surface area contributed by atoms with E-state index in [2.05, 4.69) is 13.2 Å². The molecule has 4 rings (SSSR count). The van der Waals surface area contributed by atoms with Gasteiger partial charge in [-0.3, -0.25) is 14.4 Å². The van der Waals surface area contributed by atoms with Gasteiger partial charge in [0.1, 0.15) is 11.6 Å². The Morgan fingerprint density at radius 3 is 2.51 bits per heavy atom. The number of hydrogen-bond acceptors (Lipinski definition) is 5. The standard InChI is InChI=1S/C31H43N3O5/c1-7-16-32(6)27(36)24-25-28(37)34(18-10-11-19-35)26(31(25)15-14-30(24,9-3)39-31)29(38)33(17-8-2)23-20-21(4)12-13-22(23)5/h7-8,12-13,20,24-26,35H,1-2,9-11,14-19H2,3-6H3/t24-,25+,26?,30+,31?/m1/s1. The molecular formula is C31H43N3O5. The first-order valence-corrected chi connectivity index (χ1v) is 14.1. The number of aliphatic hydroxyl groups is 1. The molecule has 3 amide bonds. The summed E-state index contributed by atoms with van der Waals surface area (Å²) in [7, 11) is 1.72. The zero-order chi connectivity index (χ0) is 28.5. The van der Waals surface area contributed by atoms with Crippen molar-refractivity contribution < 1.29 is 24.2 Å². The fraction of sp³-hybridized carbons (Fsp3) is 0.581. The van der Waals surface area contributed by atoms with Crippen LogP contribution < -0.4 is 4.90 Å². The lowest BCUT2D eigenvalue weighted by molar-refractivity contribution is -0.150. The number of amides is 3. The van der Waals surface area contributed by atoms with Gasteiger partial charge in [-0.2, -0.15) is 0 Å². The topological polar surface area (TPSA) is 90.4 Å². The first-order chi connectivity index (χ1) is 18.6. The van der Waals surface area contributed by atoms with E-state index in [4.69, 9.17) is 4.74 Å². The molecule has 3 saturated heterocycles. The summed E-state index contributed by atoms with van der Waals surface area (Å²) < 4.78 is 6.88. The van der Waals surface area contributed by atoms with E-state index in [9.17, 15) is 19.5 Å². The van der Waals surface area contributed by atoms with Crippen LogP contribution in [0.4, 0.5) is 5.69 Å². The Morgan fingerprint density at radius 2 is 1.87 bits per heavy atom. The Morgan fingerprint density at radius 1 is 1.15 bits per heavy atom. The second-order valence-electron chi connectivity index (χ2n) is 11.3. The first kappa shape index (κ1) is 29.0. The van der Waals surface area contributed by atoms with E-state index < -0.39 is 29.1 Å². The highest BCUT2D eigenvalue weighted by molar-refractivity contribution is 6.05. The van der Waals surface area contributed by atoms with Crippen LogP contribution in [0, 0.1) is 25.7 Å². The number of likely N-dealkylation sites (N-methyl/N-ethyl adjacent to an activating group) is 1. The maximum Gasteiger partial charge on any atom is 0.253 e. The molecule has 0 aliphatic carbocycles. The smallest absolute Gasteiger partial charge is 0.253 e. The van der Waals surface area contributed by atoms with Crippen LogP contribution in [-0.4, -0.2) is 83.2 Å². The summed E-state index contributed by atoms with van der Waals surface area (Å²) >= 11 is 0. The number of anilines is 1. The third-order valence-electron chi connectivity index (χ3n) is 9.00. The molecule has 212 valence electrons. The number of carbonyl (C=O) groups excluding carboxylic acids is 3. The number of benzene rings is 1. The van der Waals surface area contributed by atoms with Crippen LogP contribution >= 0.6 is 0 Å². The van der Waals surface area contributed by atoms with Gasteiger partial charge in [-0.25, -0.2) is 0 Å². The normalized spacial score (nSPS) is 28.9. The van der Waals surface area contributed by atoms with Gasteiger partial charge in [0.05, 0.1) is 17.4 Å². The molecule has 1 spiro atoms. The van der Waals surface area contributed by atoms with Gasteiger partial charge in [-0.05, 0) is 63.1 Å². The van der Waals surface area contributed by atoms with Crippen molar-refractivity contribution >= 4 is 23.4 Å². The maximum atomic E-state index is 14.7. The molecule has 0 radical (unpaired) electrons. The number of fused-ring (bicyclic) bond motifs is 1. The van der Waals surface area contributed by atoms with Gasteiger partial charge in [0.15, 0.2) is 0 Å². The van der Waals surface area contributed by atoms with Crippen LogP contribution in [0.15, 0.2) is 43.5 Å². The van der Waals surface area contributed by atoms with Crippen molar-refractivity contribution in [2.75, 3.05) is 38.2 Å². The molecule has 1 aromatic rings. The summed E-state index contributed by atoms with van der Waals surface area (Å²) in [6, 6.07) is 5.11. The number of nitrogens with zero attached hydrogens (tertiary/aromatic N) is 3. The third kappa shape index (κ3) is 4.61. The molecule has 3 heterocycles. The number of unbranched alkanes of at least 4 members (excludes halogenated alkanes) is 1. The number of ether oxygens (including phenoxy) is 1. The van der Waals surface area contributed by atoms with Gasteiger partial charge in [-0.1, -0.05) is 31.2 Å². The van der Waals surface area contributed by atoms with Crippen LogP contribution in [0.2, 0.25) is 0 Å². The largest absolute Gasteiger partial charge is 0.396 e. The number of aliphatic hydroxyl groups excluding tert-OH is 1. The van der Waals surface area contributed by atoms with Crippen molar-refractivity contribution in [2.24, 2.45) is 11.8 Å². The molecule has 0 aromatic heterocycles. The first-order valence-electron chi connectivity index (χ1n) is 14.1. The van der Waals surface area contributed by atoms with Crippen molar-refractivity contribution in [1.82, 2.24) is 9.80 Å². The second kappa shape index (κ2) is 11.3. The van der Waals surface area contributed by atoms with Crippen molar-refractivity contribution in [3.8, 4) is 0 Å². The Kier molecular flexibility index (Phi) is 8.38. The van der Waals surface area contributed by atoms with E-state index in [1.807, 2.05) is 39.0 Å². The van der Waals surface area contributed by atoms with Crippen LogP contribution in [-0.2, 0) is 19.1 Å². The molecular weight excluding hydrogens is 494 g/mol. The predicted molar refractivity (Wildman–Crippen MR) is 151 cm³/mol. The molecule has 1 aromatic carbocycles. The summed E-state index contributed by atoms with van der Waals surface area (Å²) in [5.41, 5.74) is 0.871. The molecule has 2 bridgehead atoms. The average Bonchev–Trinajstić information content (AvgIpc) is 3.52. The van der Waals surface area contributed by atoms with E-state index in [0.29, 0.717) is 45.2 Å². The molecule has 5 atom stereocenters. The molecule has 2 unspecified atom stereocenters. The third-order valence-corrected chi connectivity index (χ3v) is 9.00. The minimum Gasteiger partial charge on any atom is -0.396 e. The second-order valence-corrected chi connectivity index (χ2v) is 11.3. The maximum absolute atomic E-state index is 14.7. The summed E-state index contributed by atoms with van der Waals surface area (Å²) in [6.45, 7) is 14.6. The molecule has 3 fully saturated rings. The SMILES string of the molecule is C=CCN(C)C(=O)[C@H]1[C@H]2C(=O)N(CCCCO)C(C(=O)N(CC=C)c3cc(C)ccc3C)C23CC[C@]1(CC)O3. The molecule has 39 heavy (non-hydrogen) atoms. The summed E-state index contributed by atoms with van der Waals surface area (Å²) in [6.07, 6.45) is 6.16. The average molecular weight is 538 g/mol. The Bertz CT molecular complexity index is 1150. The minimum absolute atomic E-state index is 0.00317. The molecule has 1 N–H and O–H groups in total. The van der Waals surface area contributed by atoms with Gasteiger partial charge < -0.3 is 24.5 Å². The molecule has 8 nitrogen and oxygen atoms in total. The fourth-order valence-electron chi connectivity index (χ4n) is 7.12. The lowest BCUT2D eigenvalue weighted by atomic mass is 9.64. The molecule has 8 heteroatoms. The Labute approximate surface area is 232 Å². The number of likely N-dealkylation sites (tertiary alicyclic amines) is 1. The van der Waals surface area contributed by atoms with Gasteiger partial charge in [-0.15, -0.1) is 13.2 Å². The highest BCUT2D eigenvalue weighted by Crippen LogP contribution is 2.64. The summed E-state index contributed by atoms with van der Waals surface area (Å²) in [5, 5.41) is 9.43. The lowest BCUT2D eigenvalue weighted by Gasteiger charge is -2.37. The van der Waals surface area contributed by atoms with Gasteiger partial charge in [0.25, 0.3) is 5.91 Å². The fourth-order valence-corrected chi connectivity index (χ4v) is 7.12. The van der Waals surface area contributed by atoms with Crippen molar-refractivity contribution in [1.29, 1.82) is 0 Å². The van der Waals surface area contributed by atoms with Crippen molar-refractivity contribution in [3.05, 3.63) is 54.6 Å². The Hall–Kier alpha value is -2.97. The van der Waals surface area contributed by atoms with Crippen LogP contribution in [0.5, 0.6) is 0 Å². The van der Waals surface area contributed by atoms with Crippen molar-refractivity contribution in [3.63, 3.8) is 0 Å². The monoisotopic (exact) mass is 537 g/mol. The molecule has 3 aliphatic rings. The predicted octanol–water partition coefficient (Wildman–Crippen LogP) is 3.39. The Balaban J connectivity index is 1.83. The van der Waals surface area contributed by atoms with E-state index >= 15 is 0 Å². The van der Waals surface area contributed by atoms with Gasteiger partial charge in [0.2, 0.25) is 11.8 Å². The minimum atomic E-state index is -1.09. The number of carbonyl (C=O) groups is 3. The molecule has 0 saturated carbocycles. The van der Waals surface area contributed by atoms with E-state index in [-0.39, 0.29) is 30.9 Å². The van der Waals surface area contributed by atoms with Crippen molar-refractivity contribution in [2.45, 2.75) is 70.1 Å².